The second kappa shape index (κ2) is 6.31. The van der Waals surface area contributed by atoms with E-state index in [1.165, 1.54) is 0 Å². The molecule has 1 aliphatic carbocycles. The number of aryl methyl sites for hydroxylation is 1. The number of alkyl halides is 1. The molecule has 108 valence electrons. The molecule has 1 aromatic heterocycles. The van der Waals surface area contributed by atoms with Crippen LogP contribution < -0.4 is 4.72 Å². The fraction of sp³-hybridized carbons (Fsp3) is 0.667. The van der Waals surface area contributed by atoms with Gasteiger partial charge >= 0.3 is 0 Å². The van der Waals surface area contributed by atoms with Crippen LogP contribution in [-0.2, 0) is 10.0 Å². The molecule has 1 saturated carbocycles. The Bertz CT molecular complexity index is 522. The van der Waals surface area contributed by atoms with Gasteiger partial charge in [-0.15, -0.1) is 22.9 Å². The molecule has 7 heteroatoms. The maximum atomic E-state index is 12.1. The average molecular weight is 342 g/mol. The van der Waals surface area contributed by atoms with E-state index < -0.39 is 10.0 Å². The molecule has 0 saturated heterocycles. The average Bonchev–Trinajstić information content (AvgIpc) is 2.68. The van der Waals surface area contributed by atoms with Crippen molar-refractivity contribution in [1.82, 2.24) is 4.72 Å². The molecule has 2 atom stereocenters. The largest absolute Gasteiger partial charge is 0.250 e. The van der Waals surface area contributed by atoms with Gasteiger partial charge in [0.1, 0.15) is 4.21 Å². The van der Waals surface area contributed by atoms with Crippen molar-refractivity contribution in [2.45, 2.75) is 42.2 Å². The van der Waals surface area contributed by atoms with Crippen LogP contribution in [0.4, 0.5) is 0 Å². The van der Waals surface area contributed by atoms with Gasteiger partial charge < -0.3 is 0 Å². The van der Waals surface area contributed by atoms with E-state index in [2.05, 4.69) is 4.72 Å². The molecule has 1 aromatic rings. The molecule has 0 aliphatic heterocycles. The van der Waals surface area contributed by atoms with Crippen LogP contribution in [0.3, 0.4) is 0 Å². The highest BCUT2D eigenvalue weighted by molar-refractivity contribution is 7.91. The first kappa shape index (κ1) is 15.6. The lowest BCUT2D eigenvalue weighted by Crippen LogP contribution is -2.31. The molecule has 1 fully saturated rings. The van der Waals surface area contributed by atoms with Crippen molar-refractivity contribution in [2.75, 3.05) is 6.54 Å². The summed E-state index contributed by atoms with van der Waals surface area (Å²) in [5, 5.41) is 0.182. The highest BCUT2D eigenvalue weighted by Crippen LogP contribution is 2.31. The first-order valence-corrected chi connectivity index (χ1v) is 9.39. The summed E-state index contributed by atoms with van der Waals surface area (Å²) in [7, 11) is -3.44. The van der Waals surface area contributed by atoms with E-state index in [1.807, 2.05) is 0 Å². The van der Waals surface area contributed by atoms with Gasteiger partial charge in [-0.1, -0.05) is 18.0 Å². The van der Waals surface area contributed by atoms with Gasteiger partial charge in [0.2, 0.25) is 10.0 Å². The smallest absolute Gasteiger partial charge is 0.210 e. The van der Waals surface area contributed by atoms with E-state index in [9.17, 15) is 8.42 Å². The van der Waals surface area contributed by atoms with Gasteiger partial charge in [0.05, 0.1) is 4.34 Å². The predicted octanol–water partition coefficient (Wildman–Crippen LogP) is 3.79. The summed E-state index contributed by atoms with van der Waals surface area (Å²) >= 11 is 13.1. The zero-order chi connectivity index (χ0) is 14.0. The van der Waals surface area contributed by atoms with Gasteiger partial charge in [-0.3, -0.25) is 0 Å². The van der Waals surface area contributed by atoms with E-state index in [4.69, 9.17) is 23.2 Å². The van der Waals surface area contributed by atoms with Gasteiger partial charge in [0.15, 0.2) is 0 Å². The van der Waals surface area contributed by atoms with Crippen molar-refractivity contribution in [2.24, 2.45) is 5.92 Å². The van der Waals surface area contributed by atoms with Crippen molar-refractivity contribution in [1.29, 1.82) is 0 Å². The van der Waals surface area contributed by atoms with Gasteiger partial charge in [0, 0.05) is 11.9 Å². The highest BCUT2D eigenvalue weighted by atomic mass is 35.5. The zero-order valence-electron chi connectivity index (χ0n) is 10.7. The molecule has 3 nitrogen and oxygen atoms in total. The lowest BCUT2D eigenvalue weighted by molar-refractivity contribution is 0.362. The van der Waals surface area contributed by atoms with Crippen LogP contribution in [0.1, 0.15) is 31.2 Å². The second-order valence-electron chi connectivity index (χ2n) is 5.00. The molecule has 1 heterocycles. The van der Waals surface area contributed by atoms with Gasteiger partial charge in [-0.25, -0.2) is 13.1 Å². The lowest BCUT2D eigenvalue weighted by Gasteiger charge is -2.25. The molecule has 0 radical (unpaired) electrons. The fourth-order valence-electron chi connectivity index (χ4n) is 2.27. The van der Waals surface area contributed by atoms with Crippen LogP contribution in [0.25, 0.3) is 0 Å². The first-order valence-electron chi connectivity index (χ1n) is 6.28. The van der Waals surface area contributed by atoms with Crippen LogP contribution in [0, 0.1) is 12.8 Å². The van der Waals surface area contributed by atoms with Gasteiger partial charge in [-0.2, -0.15) is 0 Å². The Kier molecular flexibility index (Phi) is 5.17. The SMILES string of the molecule is Cc1cc(S(=O)(=O)NCC2CCCC(Cl)C2)sc1Cl. The maximum Gasteiger partial charge on any atom is 0.250 e. The third-order valence-corrected chi connectivity index (χ3v) is 7.23. The van der Waals surface area contributed by atoms with Crippen LogP contribution >= 0.6 is 34.5 Å². The second-order valence-corrected chi connectivity index (χ2v) is 9.27. The van der Waals surface area contributed by atoms with Crippen LogP contribution in [0.5, 0.6) is 0 Å². The fourth-order valence-corrected chi connectivity index (χ4v) is 5.55. The number of nitrogens with one attached hydrogen (secondary N) is 1. The molecule has 0 amide bonds. The molecule has 0 bridgehead atoms. The molecule has 19 heavy (non-hydrogen) atoms. The summed E-state index contributed by atoms with van der Waals surface area (Å²) in [6.07, 6.45) is 4.03. The number of halogens is 2. The normalized spacial score (nSPS) is 24.6. The van der Waals surface area contributed by atoms with E-state index >= 15 is 0 Å². The molecule has 1 aliphatic rings. The van der Waals surface area contributed by atoms with E-state index in [1.54, 1.807) is 13.0 Å². The van der Waals surface area contributed by atoms with Crippen LogP contribution in [-0.4, -0.2) is 20.3 Å². The molecule has 1 N–H and O–H groups in total. The number of rotatable bonds is 4. The summed E-state index contributed by atoms with van der Waals surface area (Å²) in [6, 6.07) is 1.61. The van der Waals surface area contributed by atoms with E-state index in [0.29, 0.717) is 16.8 Å². The number of thiophene rings is 1. The number of sulfonamides is 1. The zero-order valence-corrected chi connectivity index (χ0v) is 13.8. The summed E-state index contributed by atoms with van der Waals surface area (Å²) in [5.41, 5.74) is 0.797. The molecule has 2 rings (SSSR count). The van der Waals surface area contributed by atoms with Gasteiger partial charge in [0.25, 0.3) is 0 Å². The molecule has 0 aromatic carbocycles. The quantitative estimate of drug-likeness (QED) is 0.847. The number of hydrogen-bond donors (Lipinski definition) is 1. The van der Waals surface area contributed by atoms with E-state index in [-0.39, 0.29) is 9.59 Å². The minimum atomic E-state index is -3.44. The Morgan fingerprint density at radius 3 is 2.79 bits per heavy atom. The van der Waals surface area contributed by atoms with Crippen LogP contribution in [0.15, 0.2) is 10.3 Å². The topological polar surface area (TPSA) is 46.2 Å². The maximum absolute atomic E-state index is 12.1. The van der Waals surface area contributed by atoms with E-state index in [0.717, 1.165) is 42.6 Å². The highest BCUT2D eigenvalue weighted by Gasteiger charge is 2.24. The molecule has 2 unspecified atom stereocenters. The standard InChI is InChI=1S/C12H17Cl2NO2S2/c1-8-5-11(18-12(8)14)19(16,17)15-7-9-3-2-4-10(13)6-9/h5,9-10,15H,2-4,6-7H2,1H3. The molecular weight excluding hydrogens is 325 g/mol. The Morgan fingerprint density at radius 1 is 1.47 bits per heavy atom. The Hall–Kier alpha value is 0.190. The number of hydrogen-bond acceptors (Lipinski definition) is 3. The summed E-state index contributed by atoms with van der Waals surface area (Å²) < 4.78 is 27.7. The Balaban J connectivity index is 1.98. The third kappa shape index (κ3) is 4.08. The van der Waals surface area contributed by atoms with Crippen LogP contribution in [0.2, 0.25) is 4.34 Å². The summed E-state index contributed by atoms with van der Waals surface area (Å²) in [6.45, 7) is 2.26. The van der Waals surface area contributed by atoms with Crippen molar-refractivity contribution in [3.8, 4) is 0 Å². The predicted molar refractivity (Wildman–Crippen MR) is 80.9 cm³/mol. The van der Waals surface area contributed by atoms with Crippen molar-refractivity contribution < 1.29 is 8.42 Å². The van der Waals surface area contributed by atoms with Gasteiger partial charge in [-0.05, 0) is 43.7 Å². The third-order valence-electron chi connectivity index (χ3n) is 3.38. The van der Waals surface area contributed by atoms with Crippen molar-refractivity contribution in [3.63, 3.8) is 0 Å². The lowest BCUT2D eigenvalue weighted by atomic mass is 9.89. The Labute approximate surface area is 128 Å². The first-order chi connectivity index (χ1) is 8.88. The molecule has 0 spiro atoms. The summed E-state index contributed by atoms with van der Waals surface area (Å²) in [4.78, 5) is 0. The molecular formula is C12H17Cl2NO2S2. The monoisotopic (exact) mass is 341 g/mol. The minimum Gasteiger partial charge on any atom is -0.210 e. The minimum absolute atomic E-state index is 0.182. The Morgan fingerprint density at radius 2 is 2.21 bits per heavy atom. The van der Waals surface area contributed by atoms with Crippen molar-refractivity contribution in [3.05, 3.63) is 16.0 Å². The van der Waals surface area contributed by atoms with Crippen molar-refractivity contribution >= 4 is 44.6 Å². The summed E-state index contributed by atoms with van der Waals surface area (Å²) in [5.74, 6) is 0.336.